The molecule has 4 heteroatoms. The quantitative estimate of drug-likeness (QED) is 0.335. The highest BCUT2D eigenvalue weighted by Gasteiger charge is 2.33. The zero-order chi connectivity index (χ0) is 15.3. The SMILES string of the molecule is C=C1OC(=O)C(C(=O)/C=C/C(C)=C/C(C)=C/C)=C1OC. The number of carbonyl (C=O) groups excluding carboxylic acids is 2. The van der Waals surface area contributed by atoms with Crippen molar-refractivity contribution in [3.05, 3.63) is 59.1 Å². The van der Waals surface area contributed by atoms with Crippen molar-refractivity contribution in [3.8, 4) is 0 Å². The van der Waals surface area contributed by atoms with Crippen LogP contribution in [0.1, 0.15) is 20.8 Å². The van der Waals surface area contributed by atoms with Crippen molar-refractivity contribution >= 4 is 11.8 Å². The standard InChI is InChI=1S/C16H18O4/c1-6-10(2)9-11(3)7-8-13(17)14-15(19-5)12(4)20-16(14)18/h6-9H,4H2,1-3,5H3/b8-7+,10-6+,11-9+. The lowest BCUT2D eigenvalue weighted by Crippen LogP contribution is -2.08. The van der Waals surface area contributed by atoms with Gasteiger partial charge >= 0.3 is 5.97 Å². The summed E-state index contributed by atoms with van der Waals surface area (Å²) in [5, 5.41) is 0. The minimum atomic E-state index is -0.729. The van der Waals surface area contributed by atoms with E-state index in [4.69, 9.17) is 9.47 Å². The molecular weight excluding hydrogens is 256 g/mol. The highest BCUT2D eigenvalue weighted by Crippen LogP contribution is 2.26. The van der Waals surface area contributed by atoms with Gasteiger partial charge in [0.25, 0.3) is 0 Å². The fourth-order valence-corrected chi connectivity index (χ4v) is 1.65. The van der Waals surface area contributed by atoms with E-state index in [-0.39, 0.29) is 17.1 Å². The van der Waals surface area contributed by atoms with E-state index in [0.717, 1.165) is 11.1 Å². The zero-order valence-electron chi connectivity index (χ0n) is 12.1. The number of ether oxygens (including phenoxy) is 2. The normalized spacial score (nSPS) is 17.0. The molecule has 106 valence electrons. The summed E-state index contributed by atoms with van der Waals surface area (Å²) in [4.78, 5) is 23.6. The molecule has 1 heterocycles. The molecule has 0 fully saturated rings. The summed E-state index contributed by atoms with van der Waals surface area (Å²) in [6, 6.07) is 0. The monoisotopic (exact) mass is 274 g/mol. The van der Waals surface area contributed by atoms with Crippen LogP contribution in [0.25, 0.3) is 0 Å². The highest BCUT2D eigenvalue weighted by molar-refractivity contribution is 6.24. The van der Waals surface area contributed by atoms with Gasteiger partial charge in [0.05, 0.1) is 7.11 Å². The number of hydrogen-bond acceptors (Lipinski definition) is 4. The molecule has 0 unspecified atom stereocenters. The van der Waals surface area contributed by atoms with Crippen molar-refractivity contribution < 1.29 is 19.1 Å². The minimum absolute atomic E-state index is 0.0614. The van der Waals surface area contributed by atoms with E-state index in [1.54, 1.807) is 6.08 Å². The largest absolute Gasteiger partial charge is 0.492 e. The molecule has 0 bridgehead atoms. The molecule has 1 aliphatic rings. The van der Waals surface area contributed by atoms with Gasteiger partial charge in [-0.15, -0.1) is 0 Å². The third-order valence-electron chi connectivity index (χ3n) is 2.76. The van der Waals surface area contributed by atoms with Gasteiger partial charge in [-0.3, -0.25) is 4.79 Å². The van der Waals surface area contributed by atoms with Crippen LogP contribution in [-0.4, -0.2) is 18.9 Å². The van der Waals surface area contributed by atoms with Crippen molar-refractivity contribution in [3.63, 3.8) is 0 Å². The molecule has 0 aromatic rings. The minimum Gasteiger partial charge on any atom is -0.492 e. The number of hydrogen-bond donors (Lipinski definition) is 0. The molecule has 0 amide bonds. The summed E-state index contributed by atoms with van der Waals surface area (Å²) in [7, 11) is 1.36. The number of carbonyl (C=O) groups is 2. The summed E-state index contributed by atoms with van der Waals surface area (Å²) in [5.74, 6) is -1.04. The number of allylic oxidation sites excluding steroid dienone is 6. The average molecular weight is 274 g/mol. The molecule has 0 radical (unpaired) electrons. The van der Waals surface area contributed by atoms with Gasteiger partial charge in [-0.1, -0.05) is 36.0 Å². The Morgan fingerprint density at radius 3 is 2.45 bits per heavy atom. The molecule has 0 aliphatic carbocycles. The van der Waals surface area contributed by atoms with Gasteiger partial charge in [0.15, 0.2) is 22.9 Å². The van der Waals surface area contributed by atoms with Gasteiger partial charge in [-0.25, -0.2) is 4.79 Å². The van der Waals surface area contributed by atoms with Crippen LogP contribution in [-0.2, 0) is 19.1 Å². The van der Waals surface area contributed by atoms with Crippen LogP contribution < -0.4 is 0 Å². The molecular formula is C16H18O4. The van der Waals surface area contributed by atoms with Gasteiger partial charge in [0.1, 0.15) is 0 Å². The fourth-order valence-electron chi connectivity index (χ4n) is 1.65. The number of ketones is 1. The van der Waals surface area contributed by atoms with Gasteiger partial charge in [0, 0.05) is 0 Å². The number of esters is 1. The molecule has 0 atom stereocenters. The summed E-state index contributed by atoms with van der Waals surface area (Å²) in [6.07, 6.45) is 6.86. The summed E-state index contributed by atoms with van der Waals surface area (Å²) in [6.45, 7) is 9.28. The Morgan fingerprint density at radius 2 is 1.90 bits per heavy atom. The molecule has 20 heavy (non-hydrogen) atoms. The lowest BCUT2D eigenvalue weighted by molar-refractivity contribution is -0.134. The van der Waals surface area contributed by atoms with Gasteiger partial charge < -0.3 is 9.47 Å². The number of methoxy groups -OCH3 is 1. The maximum absolute atomic E-state index is 12.0. The number of rotatable bonds is 5. The third kappa shape index (κ3) is 3.57. The van der Waals surface area contributed by atoms with Crippen LogP contribution in [0.5, 0.6) is 0 Å². The van der Waals surface area contributed by atoms with Crippen LogP contribution in [0.2, 0.25) is 0 Å². The maximum atomic E-state index is 12.0. The number of cyclic esters (lactones) is 1. The second kappa shape index (κ2) is 6.70. The summed E-state index contributed by atoms with van der Waals surface area (Å²) < 4.78 is 9.75. The lowest BCUT2D eigenvalue weighted by atomic mass is 10.1. The Kier molecular flexibility index (Phi) is 5.26. The van der Waals surface area contributed by atoms with E-state index in [1.807, 2.05) is 32.9 Å². The van der Waals surface area contributed by atoms with Gasteiger partial charge in [0.2, 0.25) is 0 Å². The van der Waals surface area contributed by atoms with E-state index < -0.39 is 11.8 Å². The molecule has 0 aromatic carbocycles. The summed E-state index contributed by atoms with van der Waals surface area (Å²) >= 11 is 0. The topological polar surface area (TPSA) is 52.6 Å². The Hall–Kier alpha value is -2.36. The maximum Gasteiger partial charge on any atom is 0.351 e. The molecule has 0 saturated heterocycles. The second-order valence-electron chi connectivity index (χ2n) is 4.34. The second-order valence-corrected chi connectivity index (χ2v) is 4.34. The fraction of sp³-hybridized carbons (Fsp3) is 0.250. The first-order chi connectivity index (χ1) is 9.40. The van der Waals surface area contributed by atoms with Crippen molar-refractivity contribution in [2.75, 3.05) is 7.11 Å². The van der Waals surface area contributed by atoms with Crippen molar-refractivity contribution in [1.29, 1.82) is 0 Å². The van der Waals surface area contributed by atoms with E-state index in [1.165, 1.54) is 13.2 Å². The molecule has 0 saturated carbocycles. The van der Waals surface area contributed by atoms with Crippen LogP contribution in [0.4, 0.5) is 0 Å². The Bertz CT molecular complexity index is 571. The predicted molar refractivity (Wildman–Crippen MR) is 76.6 cm³/mol. The molecule has 1 aliphatic heterocycles. The average Bonchev–Trinajstić information content (AvgIpc) is 2.69. The van der Waals surface area contributed by atoms with E-state index in [2.05, 4.69) is 6.58 Å². The smallest absolute Gasteiger partial charge is 0.351 e. The first kappa shape index (κ1) is 15.7. The zero-order valence-corrected chi connectivity index (χ0v) is 12.1. The first-order valence-corrected chi connectivity index (χ1v) is 6.14. The van der Waals surface area contributed by atoms with Crippen LogP contribution >= 0.6 is 0 Å². The van der Waals surface area contributed by atoms with Crippen LogP contribution in [0.15, 0.2) is 59.1 Å². The van der Waals surface area contributed by atoms with Crippen molar-refractivity contribution in [1.82, 2.24) is 0 Å². The van der Waals surface area contributed by atoms with E-state index in [0.29, 0.717) is 0 Å². The van der Waals surface area contributed by atoms with Crippen molar-refractivity contribution in [2.45, 2.75) is 20.8 Å². The Labute approximate surface area is 118 Å². The lowest BCUT2D eigenvalue weighted by Gasteiger charge is -1.99. The molecule has 0 spiro atoms. The Balaban J connectivity index is 2.97. The van der Waals surface area contributed by atoms with E-state index in [9.17, 15) is 9.59 Å². The van der Waals surface area contributed by atoms with Gasteiger partial charge in [-0.05, 0) is 26.8 Å². The molecule has 1 rings (SSSR count). The highest BCUT2D eigenvalue weighted by atomic mass is 16.6. The Morgan fingerprint density at radius 1 is 1.25 bits per heavy atom. The van der Waals surface area contributed by atoms with Crippen LogP contribution in [0, 0.1) is 0 Å². The third-order valence-corrected chi connectivity index (χ3v) is 2.76. The van der Waals surface area contributed by atoms with Gasteiger partial charge in [-0.2, -0.15) is 0 Å². The molecule has 0 aromatic heterocycles. The van der Waals surface area contributed by atoms with Crippen LogP contribution in [0.3, 0.4) is 0 Å². The molecule has 0 N–H and O–H groups in total. The molecule has 4 nitrogen and oxygen atoms in total. The van der Waals surface area contributed by atoms with Crippen molar-refractivity contribution in [2.24, 2.45) is 0 Å². The first-order valence-electron chi connectivity index (χ1n) is 6.14. The van der Waals surface area contributed by atoms with E-state index >= 15 is 0 Å². The predicted octanol–water partition coefficient (Wildman–Crippen LogP) is 3.00. The summed E-state index contributed by atoms with van der Waals surface area (Å²) in [5.41, 5.74) is 1.87.